The number of rotatable bonds is 14. The lowest BCUT2D eigenvalue weighted by atomic mass is 9.96. The number of hydrogen-bond acceptors (Lipinski definition) is 7. The average Bonchev–Trinajstić information content (AvgIpc) is 3.03. The minimum atomic E-state index is -3.83. The molecule has 0 bridgehead atoms. The second kappa shape index (κ2) is 16.7. The third kappa shape index (κ3) is 11.5. The maximum Gasteiger partial charge on any atom is 0.410 e. The number of carbonyl (C=O) groups excluding carboxylic acids is 2. The molecule has 0 aliphatic carbocycles. The number of ether oxygens (including phenoxy) is 2. The number of unbranched alkanes of at least 4 members (excludes halogenated alkanes) is 2. The van der Waals surface area contributed by atoms with E-state index in [1.165, 1.54) is 12.1 Å². The Kier molecular flexibility index (Phi) is 12.9. The van der Waals surface area contributed by atoms with Crippen molar-refractivity contribution >= 4 is 43.8 Å². The maximum absolute atomic E-state index is 13.6. The molecular weight excluding hydrogens is 653 g/mol. The van der Waals surface area contributed by atoms with Crippen molar-refractivity contribution in [1.29, 1.82) is 0 Å². The zero-order valence-corrected chi connectivity index (χ0v) is 31.3. The fourth-order valence-corrected chi connectivity index (χ4v) is 6.57. The lowest BCUT2D eigenvalue weighted by Crippen LogP contribution is -2.41. The molecule has 0 fully saturated rings. The lowest BCUT2D eigenvalue weighted by molar-refractivity contribution is 0.0194. The van der Waals surface area contributed by atoms with Crippen molar-refractivity contribution in [3.63, 3.8) is 0 Å². The smallest absolute Gasteiger partial charge is 0.410 e. The molecule has 0 radical (unpaired) electrons. The van der Waals surface area contributed by atoms with E-state index in [-0.39, 0.29) is 11.5 Å². The summed E-state index contributed by atoms with van der Waals surface area (Å²) in [6.07, 6.45) is 1.45. The molecule has 0 atom stereocenters. The number of fused-ring (bicyclic) bond motifs is 2. The molecule has 0 saturated heterocycles. The summed E-state index contributed by atoms with van der Waals surface area (Å²) in [7, 11) is -3.83. The quantitative estimate of drug-likeness (QED) is 0.0733. The lowest BCUT2D eigenvalue weighted by Gasteiger charge is -2.30. The van der Waals surface area contributed by atoms with Gasteiger partial charge in [-0.25, -0.2) is 9.59 Å². The van der Waals surface area contributed by atoms with Crippen LogP contribution >= 0.6 is 0 Å². The van der Waals surface area contributed by atoms with Gasteiger partial charge in [-0.15, -0.1) is 0 Å². The Morgan fingerprint density at radius 2 is 1.14 bits per heavy atom. The second-order valence-electron chi connectivity index (χ2n) is 14.7. The van der Waals surface area contributed by atoms with Gasteiger partial charge in [0.2, 0.25) is 0 Å². The molecule has 0 aliphatic heterocycles. The van der Waals surface area contributed by atoms with Crippen LogP contribution in [0.15, 0.2) is 83.8 Å². The minimum Gasteiger partial charge on any atom is -0.444 e. The SMILES string of the molecule is Cc1ccc(S(=O)(=O)OCCCCCN(CCCN(Cc2c3ccccc3cc3ccccc23)C(=O)OC(C)(C)C)C(=O)OC(C)(C)C)cc1. The van der Waals surface area contributed by atoms with Crippen LogP contribution in [0.3, 0.4) is 0 Å². The van der Waals surface area contributed by atoms with Crippen LogP contribution in [0.5, 0.6) is 0 Å². The molecule has 0 N–H and O–H groups in total. The summed E-state index contributed by atoms with van der Waals surface area (Å²) in [5.74, 6) is 0. The number of hydrogen-bond donors (Lipinski definition) is 0. The van der Waals surface area contributed by atoms with Gasteiger partial charge in [0.1, 0.15) is 11.2 Å². The van der Waals surface area contributed by atoms with Crippen molar-refractivity contribution in [3.05, 3.63) is 90.0 Å². The van der Waals surface area contributed by atoms with Crippen molar-refractivity contribution in [3.8, 4) is 0 Å². The molecule has 0 aromatic heterocycles. The first-order chi connectivity index (χ1) is 23.5. The fourth-order valence-electron chi connectivity index (χ4n) is 5.63. The summed E-state index contributed by atoms with van der Waals surface area (Å²) in [4.78, 5) is 30.4. The standard InChI is InChI=1S/C40H52N2O7S/c1-30-20-22-33(23-21-30)50(45,46)47-27-14-8-13-24-41(37(43)48-39(2,3)4)25-15-26-42(38(44)49-40(5,6)7)29-36-34-18-11-9-16-31(34)28-32-17-10-12-19-35(32)36/h9-12,16-23,28H,8,13-15,24-27,29H2,1-7H3. The predicted octanol–water partition coefficient (Wildman–Crippen LogP) is 9.24. The molecule has 2 amide bonds. The molecule has 0 heterocycles. The Balaban J connectivity index is 1.43. The fraction of sp³-hybridized carbons (Fsp3) is 0.450. The Labute approximate surface area is 297 Å². The van der Waals surface area contributed by atoms with Gasteiger partial charge in [-0.3, -0.25) is 4.18 Å². The molecule has 9 nitrogen and oxygen atoms in total. The van der Waals surface area contributed by atoms with E-state index in [0.717, 1.165) is 32.7 Å². The van der Waals surface area contributed by atoms with Crippen molar-refractivity contribution in [2.45, 2.75) is 96.8 Å². The topological polar surface area (TPSA) is 102 Å². The van der Waals surface area contributed by atoms with Crippen LogP contribution < -0.4 is 0 Å². The van der Waals surface area contributed by atoms with Crippen LogP contribution in [0, 0.1) is 6.92 Å². The second-order valence-corrected chi connectivity index (χ2v) is 16.3. The van der Waals surface area contributed by atoms with Crippen molar-refractivity contribution in [2.75, 3.05) is 26.2 Å². The molecule has 0 unspecified atom stereocenters. The molecule has 0 spiro atoms. The Bertz CT molecular complexity index is 1810. The van der Waals surface area contributed by atoms with Gasteiger partial charge < -0.3 is 19.3 Å². The summed E-state index contributed by atoms with van der Waals surface area (Å²) < 4.78 is 41.9. The third-order valence-electron chi connectivity index (χ3n) is 8.01. The molecule has 10 heteroatoms. The first kappa shape index (κ1) is 38.6. The number of nitrogens with zero attached hydrogens (tertiary/aromatic N) is 2. The average molecular weight is 705 g/mol. The molecule has 4 rings (SSSR count). The largest absolute Gasteiger partial charge is 0.444 e. The Morgan fingerprint density at radius 3 is 1.70 bits per heavy atom. The molecule has 0 aliphatic rings. The van der Waals surface area contributed by atoms with Crippen molar-refractivity contribution in [2.24, 2.45) is 0 Å². The van der Waals surface area contributed by atoms with Gasteiger partial charge in [0.25, 0.3) is 10.1 Å². The van der Waals surface area contributed by atoms with E-state index in [4.69, 9.17) is 13.7 Å². The normalized spacial score (nSPS) is 12.2. The van der Waals surface area contributed by atoms with E-state index in [1.807, 2.05) is 72.7 Å². The minimum absolute atomic E-state index is 0.0519. The zero-order chi connectivity index (χ0) is 36.5. The molecule has 4 aromatic rings. The summed E-state index contributed by atoms with van der Waals surface area (Å²) >= 11 is 0. The van der Waals surface area contributed by atoms with Crippen LogP contribution in [-0.2, 0) is 30.3 Å². The summed E-state index contributed by atoms with van der Waals surface area (Å²) in [5, 5.41) is 4.34. The molecular formula is C40H52N2O7S. The highest BCUT2D eigenvalue weighted by molar-refractivity contribution is 7.86. The highest BCUT2D eigenvalue weighted by Crippen LogP contribution is 2.30. The van der Waals surface area contributed by atoms with E-state index in [9.17, 15) is 18.0 Å². The van der Waals surface area contributed by atoms with Crippen LogP contribution in [0.25, 0.3) is 21.5 Å². The third-order valence-corrected chi connectivity index (χ3v) is 9.34. The number of aryl methyl sites for hydroxylation is 1. The van der Waals surface area contributed by atoms with E-state index in [2.05, 4.69) is 30.3 Å². The van der Waals surface area contributed by atoms with Gasteiger partial charge in [-0.1, -0.05) is 66.2 Å². The van der Waals surface area contributed by atoms with Crippen LogP contribution in [-0.4, -0.2) is 67.8 Å². The predicted molar refractivity (Wildman–Crippen MR) is 199 cm³/mol. The first-order valence-corrected chi connectivity index (χ1v) is 18.7. The summed E-state index contributed by atoms with van der Waals surface area (Å²) in [6.45, 7) is 14.5. The van der Waals surface area contributed by atoms with Crippen LogP contribution in [0.1, 0.15) is 78.4 Å². The van der Waals surface area contributed by atoms with Gasteiger partial charge in [0.05, 0.1) is 18.0 Å². The van der Waals surface area contributed by atoms with Gasteiger partial charge >= 0.3 is 12.2 Å². The molecule has 0 saturated carbocycles. The first-order valence-electron chi connectivity index (χ1n) is 17.3. The Hall–Kier alpha value is -4.15. The molecule has 270 valence electrons. The van der Waals surface area contributed by atoms with Crippen molar-refractivity contribution < 1.29 is 31.7 Å². The van der Waals surface area contributed by atoms with Crippen LogP contribution in [0.2, 0.25) is 0 Å². The van der Waals surface area contributed by atoms with Gasteiger partial charge in [-0.2, -0.15) is 8.42 Å². The summed E-state index contributed by atoms with van der Waals surface area (Å²) in [5.41, 5.74) is 0.655. The van der Waals surface area contributed by atoms with E-state index in [1.54, 1.807) is 21.9 Å². The Morgan fingerprint density at radius 1 is 0.640 bits per heavy atom. The number of carbonyl (C=O) groups is 2. The van der Waals surface area contributed by atoms with Crippen LogP contribution in [0.4, 0.5) is 9.59 Å². The van der Waals surface area contributed by atoms with E-state index < -0.39 is 33.5 Å². The molecule has 4 aromatic carbocycles. The van der Waals surface area contributed by atoms with E-state index >= 15 is 0 Å². The van der Waals surface area contributed by atoms with Gasteiger partial charge in [0.15, 0.2) is 0 Å². The maximum atomic E-state index is 13.6. The van der Waals surface area contributed by atoms with Gasteiger partial charge in [-0.05, 0) is 119 Å². The number of benzene rings is 4. The monoisotopic (exact) mass is 704 g/mol. The highest BCUT2D eigenvalue weighted by Gasteiger charge is 2.26. The number of amides is 2. The zero-order valence-electron chi connectivity index (χ0n) is 30.5. The van der Waals surface area contributed by atoms with Crippen molar-refractivity contribution in [1.82, 2.24) is 9.80 Å². The highest BCUT2D eigenvalue weighted by atomic mass is 32.2. The van der Waals surface area contributed by atoms with Gasteiger partial charge in [0, 0.05) is 19.6 Å². The van der Waals surface area contributed by atoms with E-state index in [0.29, 0.717) is 51.9 Å². The summed E-state index contributed by atoms with van der Waals surface area (Å²) in [6, 6.07) is 25.1. The molecule has 50 heavy (non-hydrogen) atoms.